The minimum absolute atomic E-state index is 0.123. The van der Waals surface area contributed by atoms with Crippen molar-refractivity contribution in [2.24, 2.45) is 0 Å². The molecule has 0 fully saturated rings. The van der Waals surface area contributed by atoms with E-state index >= 15 is 0 Å². The average Bonchev–Trinajstić information content (AvgIpc) is 2.77. The minimum Gasteiger partial charge on any atom is -0.484 e. The van der Waals surface area contributed by atoms with Gasteiger partial charge in [-0.2, -0.15) is 0 Å². The molecule has 30 heavy (non-hydrogen) atoms. The first-order valence-electron chi connectivity index (χ1n) is 9.20. The van der Waals surface area contributed by atoms with Crippen LogP contribution in [-0.2, 0) is 27.9 Å². The molecule has 0 radical (unpaired) electrons. The molecule has 0 unspecified atom stereocenters. The van der Waals surface area contributed by atoms with Crippen molar-refractivity contribution in [3.05, 3.63) is 95.0 Å². The molecule has 0 saturated heterocycles. The summed E-state index contributed by atoms with van der Waals surface area (Å²) in [7, 11) is -3.64. The first kappa shape index (κ1) is 21.8. The number of nitrogens with one attached hydrogen (secondary N) is 2. The van der Waals surface area contributed by atoms with Gasteiger partial charge in [0.1, 0.15) is 5.75 Å². The van der Waals surface area contributed by atoms with Crippen molar-refractivity contribution < 1.29 is 17.9 Å². The second-order valence-electron chi connectivity index (χ2n) is 6.47. The molecular weight excluding hydrogens is 424 g/mol. The zero-order chi connectivity index (χ0) is 21.4. The molecule has 0 bridgehead atoms. The first-order chi connectivity index (χ1) is 14.4. The maximum Gasteiger partial charge on any atom is 0.258 e. The Labute approximate surface area is 180 Å². The van der Waals surface area contributed by atoms with Crippen LogP contribution in [0.1, 0.15) is 11.1 Å². The number of carbonyl (C=O) groups excluding carboxylic acids is 1. The predicted molar refractivity (Wildman–Crippen MR) is 116 cm³/mol. The fourth-order valence-corrected chi connectivity index (χ4v) is 3.72. The second-order valence-corrected chi connectivity index (χ2v) is 8.68. The molecule has 0 aliphatic rings. The molecule has 0 aromatic heterocycles. The molecule has 0 aliphatic carbocycles. The topological polar surface area (TPSA) is 84.5 Å². The van der Waals surface area contributed by atoms with E-state index < -0.39 is 10.0 Å². The highest BCUT2D eigenvalue weighted by atomic mass is 35.5. The molecule has 3 aromatic rings. The van der Waals surface area contributed by atoms with Gasteiger partial charge < -0.3 is 10.1 Å². The monoisotopic (exact) mass is 444 g/mol. The van der Waals surface area contributed by atoms with Crippen molar-refractivity contribution in [2.45, 2.75) is 18.0 Å². The van der Waals surface area contributed by atoms with E-state index in [0.29, 0.717) is 17.3 Å². The summed E-state index contributed by atoms with van der Waals surface area (Å²) >= 11 is 5.83. The number of hydrogen-bond donors (Lipinski definition) is 2. The van der Waals surface area contributed by atoms with Gasteiger partial charge >= 0.3 is 0 Å². The number of hydrogen-bond acceptors (Lipinski definition) is 4. The van der Waals surface area contributed by atoms with E-state index in [1.807, 2.05) is 42.5 Å². The van der Waals surface area contributed by atoms with Crippen molar-refractivity contribution >= 4 is 27.5 Å². The normalized spacial score (nSPS) is 11.1. The molecule has 0 atom stereocenters. The average molecular weight is 445 g/mol. The summed E-state index contributed by atoms with van der Waals surface area (Å²) in [5.41, 5.74) is 1.79. The van der Waals surface area contributed by atoms with E-state index in [0.717, 1.165) is 11.1 Å². The van der Waals surface area contributed by atoms with Crippen LogP contribution in [0.15, 0.2) is 83.8 Å². The van der Waals surface area contributed by atoms with Crippen LogP contribution in [0.4, 0.5) is 0 Å². The fourth-order valence-electron chi connectivity index (χ4n) is 2.58. The fraction of sp³-hybridized carbons (Fsp3) is 0.136. The Balaban J connectivity index is 1.47. The third-order valence-corrected chi connectivity index (χ3v) is 5.89. The number of benzene rings is 3. The van der Waals surface area contributed by atoms with Gasteiger partial charge in [-0.3, -0.25) is 4.79 Å². The van der Waals surface area contributed by atoms with E-state index in [1.165, 1.54) is 24.3 Å². The minimum atomic E-state index is -3.64. The standard InChI is InChI=1S/C22H21ClN2O4S/c23-19-8-6-18(7-9-19)14-24-22(26)16-29-20-10-12-21(13-11-20)30(27,28)25-15-17-4-2-1-3-5-17/h1-13,25H,14-16H2,(H,24,26). The van der Waals surface area contributed by atoms with Gasteiger partial charge in [-0.05, 0) is 47.5 Å². The maximum absolute atomic E-state index is 12.4. The van der Waals surface area contributed by atoms with E-state index in [9.17, 15) is 13.2 Å². The van der Waals surface area contributed by atoms with Crippen molar-refractivity contribution in [1.82, 2.24) is 10.0 Å². The highest BCUT2D eigenvalue weighted by Crippen LogP contribution is 2.16. The third kappa shape index (κ3) is 6.59. The van der Waals surface area contributed by atoms with Gasteiger partial charge in [0.25, 0.3) is 5.91 Å². The molecule has 0 spiro atoms. The van der Waals surface area contributed by atoms with Gasteiger partial charge in [0, 0.05) is 18.1 Å². The van der Waals surface area contributed by atoms with Gasteiger partial charge in [-0.25, -0.2) is 13.1 Å². The Hall–Kier alpha value is -2.87. The number of amides is 1. The van der Waals surface area contributed by atoms with Crippen LogP contribution in [0.5, 0.6) is 5.75 Å². The smallest absolute Gasteiger partial charge is 0.258 e. The lowest BCUT2D eigenvalue weighted by Gasteiger charge is -2.10. The summed E-state index contributed by atoms with van der Waals surface area (Å²) in [5.74, 6) is 0.116. The lowest BCUT2D eigenvalue weighted by atomic mass is 10.2. The summed E-state index contributed by atoms with van der Waals surface area (Å²) in [6, 6.07) is 22.3. The van der Waals surface area contributed by atoms with Crippen molar-refractivity contribution in [1.29, 1.82) is 0 Å². The molecule has 1 amide bonds. The Morgan fingerprint density at radius 3 is 2.13 bits per heavy atom. The van der Waals surface area contributed by atoms with Crippen LogP contribution in [0.2, 0.25) is 5.02 Å². The van der Waals surface area contributed by atoms with Crippen LogP contribution >= 0.6 is 11.6 Å². The Kier molecular flexibility index (Phi) is 7.46. The van der Waals surface area contributed by atoms with Gasteiger partial charge in [-0.1, -0.05) is 54.1 Å². The highest BCUT2D eigenvalue weighted by molar-refractivity contribution is 7.89. The van der Waals surface area contributed by atoms with Crippen molar-refractivity contribution in [3.63, 3.8) is 0 Å². The van der Waals surface area contributed by atoms with Crippen LogP contribution in [-0.4, -0.2) is 20.9 Å². The Morgan fingerprint density at radius 2 is 1.47 bits per heavy atom. The van der Waals surface area contributed by atoms with E-state index in [-0.39, 0.29) is 24.0 Å². The molecule has 8 heteroatoms. The zero-order valence-corrected chi connectivity index (χ0v) is 17.6. The van der Waals surface area contributed by atoms with Crippen LogP contribution in [0.3, 0.4) is 0 Å². The Morgan fingerprint density at radius 1 is 0.833 bits per heavy atom. The molecule has 156 valence electrons. The maximum atomic E-state index is 12.4. The quantitative estimate of drug-likeness (QED) is 0.529. The lowest BCUT2D eigenvalue weighted by molar-refractivity contribution is -0.123. The number of sulfonamides is 1. The molecule has 3 rings (SSSR count). The lowest BCUT2D eigenvalue weighted by Crippen LogP contribution is -2.28. The second kappa shape index (κ2) is 10.2. The van der Waals surface area contributed by atoms with Gasteiger partial charge in [0.05, 0.1) is 4.90 Å². The summed E-state index contributed by atoms with van der Waals surface area (Å²) in [5, 5.41) is 3.38. The predicted octanol–water partition coefficient (Wildman–Crippen LogP) is 3.51. The van der Waals surface area contributed by atoms with Crippen molar-refractivity contribution in [2.75, 3.05) is 6.61 Å². The molecule has 6 nitrogen and oxygen atoms in total. The molecule has 0 aliphatic heterocycles. The van der Waals surface area contributed by atoms with Gasteiger partial charge in [0.15, 0.2) is 6.61 Å². The van der Waals surface area contributed by atoms with Crippen molar-refractivity contribution in [3.8, 4) is 5.75 Å². The highest BCUT2D eigenvalue weighted by Gasteiger charge is 2.14. The third-order valence-electron chi connectivity index (χ3n) is 4.22. The number of ether oxygens (including phenoxy) is 1. The van der Waals surface area contributed by atoms with E-state index in [1.54, 1.807) is 12.1 Å². The van der Waals surface area contributed by atoms with E-state index in [4.69, 9.17) is 16.3 Å². The number of carbonyl (C=O) groups is 1. The summed E-state index contributed by atoms with van der Waals surface area (Å²) < 4.78 is 32.8. The molecule has 0 saturated carbocycles. The zero-order valence-electron chi connectivity index (χ0n) is 16.0. The number of halogens is 1. The largest absolute Gasteiger partial charge is 0.484 e. The first-order valence-corrected chi connectivity index (χ1v) is 11.1. The van der Waals surface area contributed by atoms with Gasteiger partial charge in [-0.15, -0.1) is 0 Å². The van der Waals surface area contributed by atoms with Gasteiger partial charge in [0.2, 0.25) is 10.0 Å². The summed E-state index contributed by atoms with van der Waals surface area (Å²) in [6.45, 7) is 0.394. The molecule has 0 heterocycles. The molecule has 2 N–H and O–H groups in total. The molecular formula is C22H21ClN2O4S. The van der Waals surface area contributed by atoms with Crippen LogP contribution < -0.4 is 14.8 Å². The molecule has 3 aromatic carbocycles. The number of rotatable bonds is 9. The van der Waals surface area contributed by atoms with Crippen LogP contribution in [0.25, 0.3) is 0 Å². The van der Waals surface area contributed by atoms with Crippen LogP contribution in [0, 0.1) is 0 Å². The SMILES string of the molecule is O=C(COc1ccc(S(=O)(=O)NCc2ccccc2)cc1)NCc1ccc(Cl)cc1. The summed E-state index contributed by atoms with van der Waals surface area (Å²) in [6.07, 6.45) is 0. The summed E-state index contributed by atoms with van der Waals surface area (Å²) in [4.78, 5) is 12.1. The van der Waals surface area contributed by atoms with E-state index in [2.05, 4.69) is 10.0 Å². The Bertz CT molecular complexity index is 1070.